The minimum atomic E-state index is -0.315. The standard InChI is InChI=1S/C30H30N8O2/c1-37-17-20(16-32-37)27-23-14-19(29(39)33-21-8-12-38(13-9-21)22-3-4-22)2-5-25(23)34-28(27)24-15-26(35-36-30(24)40)18-6-10-31-11-7-18/h2,5-7,10-11,14-17,21-22,34H,3-4,8-9,12-13H2,1H3,(H,33,39)(H,36,40). The van der Waals surface area contributed by atoms with Crippen LogP contribution >= 0.6 is 0 Å². The summed E-state index contributed by atoms with van der Waals surface area (Å²) in [5.41, 5.74) is 5.32. The van der Waals surface area contributed by atoms with Crippen molar-refractivity contribution in [3.05, 3.63) is 77.1 Å². The Morgan fingerprint density at radius 2 is 1.82 bits per heavy atom. The molecule has 2 fully saturated rings. The molecule has 0 radical (unpaired) electrons. The number of carbonyl (C=O) groups is 1. The van der Waals surface area contributed by atoms with Crippen LogP contribution < -0.4 is 10.9 Å². The van der Waals surface area contributed by atoms with Crippen molar-refractivity contribution in [1.29, 1.82) is 0 Å². The molecule has 2 aliphatic rings. The van der Waals surface area contributed by atoms with Gasteiger partial charge in [-0.3, -0.25) is 19.3 Å². The van der Waals surface area contributed by atoms with Crippen LogP contribution in [0.1, 0.15) is 36.0 Å². The van der Waals surface area contributed by atoms with Crippen LogP contribution in [0.4, 0.5) is 0 Å². The molecule has 5 heterocycles. The number of hydrogen-bond acceptors (Lipinski definition) is 6. The zero-order valence-corrected chi connectivity index (χ0v) is 22.2. The van der Waals surface area contributed by atoms with Crippen molar-refractivity contribution < 1.29 is 4.79 Å². The number of aromatic nitrogens is 6. The molecule has 7 rings (SSSR count). The number of fused-ring (bicyclic) bond motifs is 1. The molecule has 1 saturated heterocycles. The SMILES string of the molecule is Cn1cc(-c2c(-c3cc(-c4ccncc4)n[nH]c3=O)[nH]c3ccc(C(=O)NC4CCN(C5CC5)CC4)cc23)cn1. The normalized spacial score (nSPS) is 16.4. The molecule has 1 amide bonds. The van der Waals surface area contributed by atoms with E-state index in [0.29, 0.717) is 22.5 Å². The van der Waals surface area contributed by atoms with Crippen molar-refractivity contribution in [2.45, 2.75) is 37.8 Å². The molecule has 1 aromatic carbocycles. The van der Waals surface area contributed by atoms with Gasteiger partial charge in [0.25, 0.3) is 11.5 Å². The Balaban J connectivity index is 1.27. The summed E-state index contributed by atoms with van der Waals surface area (Å²) in [4.78, 5) is 36.5. The van der Waals surface area contributed by atoms with Crippen molar-refractivity contribution in [2.75, 3.05) is 13.1 Å². The van der Waals surface area contributed by atoms with Gasteiger partial charge in [-0.1, -0.05) is 0 Å². The first kappa shape index (κ1) is 24.5. The number of nitrogens with one attached hydrogen (secondary N) is 3. The third-order valence-corrected chi connectivity index (χ3v) is 8.03. The Morgan fingerprint density at radius 3 is 2.55 bits per heavy atom. The summed E-state index contributed by atoms with van der Waals surface area (Å²) in [5.74, 6) is -0.0756. The van der Waals surface area contributed by atoms with E-state index >= 15 is 0 Å². The maximum atomic E-state index is 13.3. The average Bonchev–Trinajstić information content (AvgIpc) is 3.64. The Morgan fingerprint density at radius 1 is 1.02 bits per heavy atom. The zero-order chi connectivity index (χ0) is 27.2. The highest BCUT2D eigenvalue weighted by atomic mass is 16.1. The lowest BCUT2D eigenvalue weighted by Gasteiger charge is -2.32. The molecule has 4 aromatic heterocycles. The van der Waals surface area contributed by atoms with Crippen LogP contribution in [0.5, 0.6) is 0 Å². The molecule has 1 saturated carbocycles. The monoisotopic (exact) mass is 534 g/mol. The summed E-state index contributed by atoms with van der Waals surface area (Å²) < 4.78 is 1.72. The van der Waals surface area contributed by atoms with E-state index in [4.69, 9.17) is 0 Å². The summed E-state index contributed by atoms with van der Waals surface area (Å²) in [7, 11) is 1.85. The topological polar surface area (TPSA) is 125 Å². The third kappa shape index (κ3) is 4.60. The summed E-state index contributed by atoms with van der Waals surface area (Å²) in [6, 6.07) is 12.1. The Kier molecular flexibility index (Phi) is 6.04. The number of nitrogens with zero attached hydrogens (tertiary/aromatic N) is 5. The van der Waals surface area contributed by atoms with Crippen molar-refractivity contribution in [1.82, 2.24) is 40.2 Å². The maximum Gasteiger partial charge on any atom is 0.273 e. The minimum absolute atomic E-state index is 0.0756. The number of hydrogen-bond donors (Lipinski definition) is 3. The first-order valence-electron chi connectivity index (χ1n) is 13.7. The fourth-order valence-corrected chi connectivity index (χ4v) is 5.76. The fourth-order valence-electron chi connectivity index (χ4n) is 5.76. The first-order valence-corrected chi connectivity index (χ1v) is 13.7. The zero-order valence-electron chi connectivity index (χ0n) is 22.2. The molecule has 0 spiro atoms. The van der Waals surface area contributed by atoms with Crippen LogP contribution in [0.25, 0.3) is 44.5 Å². The molecule has 5 aromatic rings. The number of pyridine rings is 1. The van der Waals surface area contributed by atoms with Crippen LogP contribution in [0, 0.1) is 0 Å². The number of aryl methyl sites for hydroxylation is 1. The van der Waals surface area contributed by atoms with Crippen LogP contribution in [0.2, 0.25) is 0 Å². The van der Waals surface area contributed by atoms with Gasteiger partial charge in [-0.15, -0.1) is 0 Å². The second-order valence-electron chi connectivity index (χ2n) is 10.8. The molecule has 10 heteroatoms. The number of rotatable bonds is 6. The van der Waals surface area contributed by atoms with E-state index in [0.717, 1.165) is 59.6 Å². The number of benzene rings is 1. The minimum Gasteiger partial charge on any atom is -0.354 e. The first-order chi connectivity index (χ1) is 19.5. The van der Waals surface area contributed by atoms with Crippen molar-refractivity contribution in [3.63, 3.8) is 0 Å². The van der Waals surface area contributed by atoms with Crippen LogP contribution in [0.15, 0.2) is 66.0 Å². The molecule has 1 aliphatic carbocycles. The predicted molar refractivity (Wildman–Crippen MR) is 153 cm³/mol. The van der Waals surface area contributed by atoms with Gasteiger partial charge in [0.05, 0.1) is 23.1 Å². The maximum absolute atomic E-state index is 13.3. The second-order valence-corrected chi connectivity index (χ2v) is 10.8. The molecule has 1 aliphatic heterocycles. The van der Waals surface area contributed by atoms with Crippen LogP contribution in [-0.2, 0) is 7.05 Å². The highest BCUT2D eigenvalue weighted by Crippen LogP contribution is 2.38. The van der Waals surface area contributed by atoms with Crippen molar-refractivity contribution >= 4 is 16.8 Å². The largest absolute Gasteiger partial charge is 0.354 e. The molecule has 10 nitrogen and oxygen atoms in total. The lowest BCUT2D eigenvalue weighted by atomic mass is 9.99. The predicted octanol–water partition coefficient (Wildman–Crippen LogP) is 3.74. The van der Waals surface area contributed by atoms with E-state index in [1.807, 2.05) is 43.6 Å². The van der Waals surface area contributed by atoms with Gasteiger partial charge in [0.15, 0.2) is 0 Å². The van der Waals surface area contributed by atoms with Crippen LogP contribution in [-0.4, -0.2) is 65.9 Å². The lowest BCUT2D eigenvalue weighted by Crippen LogP contribution is -2.45. The smallest absolute Gasteiger partial charge is 0.273 e. The number of piperidine rings is 1. The summed E-state index contributed by atoms with van der Waals surface area (Å²) in [6.45, 7) is 2.09. The van der Waals surface area contributed by atoms with E-state index in [2.05, 4.69) is 35.5 Å². The molecular weight excluding hydrogens is 504 g/mol. The number of amides is 1. The van der Waals surface area contributed by atoms with E-state index in [9.17, 15) is 9.59 Å². The van der Waals surface area contributed by atoms with Crippen LogP contribution in [0.3, 0.4) is 0 Å². The molecule has 0 atom stereocenters. The van der Waals surface area contributed by atoms with Gasteiger partial charge < -0.3 is 15.2 Å². The van der Waals surface area contributed by atoms with Gasteiger partial charge in [0.1, 0.15) is 0 Å². The number of likely N-dealkylation sites (tertiary alicyclic amines) is 1. The quantitative estimate of drug-likeness (QED) is 0.305. The van der Waals surface area contributed by atoms with Gasteiger partial charge in [-0.05, 0) is 62.1 Å². The second kappa shape index (κ2) is 9.87. The molecular formula is C30H30N8O2. The lowest BCUT2D eigenvalue weighted by molar-refractivity contribution is 0.0909. The van der Waals surface area contributed by atoms with Crippen molar-refractivity contribution in [2.24, 2.45) is 7.05 Å². The number of aromatic amines is 2. The Bertz CT molecular complexity index is 1760. The third-order valence-electron chi connectivity index (χ3n) is 8.03. The molecule has 3 N–H and O–H groups in total. The van der Waals surface area contributed by atoms with E-state index in [1.54, 1.807) is 29.3 Å². The fraction of sp³-hybridized carbons (Fsp3) is 0.300. The van der Waals surface area contributed by atoms with Gasteiger partial charge >= 0.3 is 0 Å². The highest BCUT2D eigenvalue weighted by Gasteiger charge is 2.32. The Hall–Kier alpha value is -4.57. The molecule has 0 bridgehead atoms. The van der Waals surface area contributed by atoms with E-state index in [1.165, 1.54) is 12.8 Å². The van der Waals surface area contributed by atoms with Gasteiger partial charge in [-0.25, -0.2) is 5.10 Å². The number of carbonyl (C=O) groups excluding carboxylic acids is 1. The highest BCUT2D eigenvalue weighted by molar-refractivity contribution is 6.07. The summed E-state index contributed by atoms with van der Waals surface area (Å²) >= 11 is 0. The summed E-state index contributed by atoms with van der Waals surface area (Å²) in [6.07, 6.45) is 11.6. The Labute approximate surface area is 230 Å². The van der Waals surface area contributed by atoms with Gasteiger partial charge in [0, 0.05) is 84.0 Å². The van der Waals surface area contributed by atoms with Gasteiger partial charge in [0.2, 0.25) is 0 Å². The molecule has 40 heavy (non-hydrogen) atoms. The molecule has 202 valence electrons. The molecule has 0 unspecified atom stereocenters. The summed E-state index contributed by atoms with van der Waals surface area (Å²) in [5, 5.41) is 15.4. The van der Waals surface area contributed by atoms with Crippen molar-refractivity contribution in [3.8, 4) is 33.6 Å². The van der Waals surface area contributed by atoms with Gasteiger partial charge in [-0.2, -0.15) is 10.2 Å². The van der Waals surface area contributed by atoms with E-state index < -0.39 is 0 Å². The average molecular weight is 535 g/mol. The number of H-pyrrole nitrogens is 2. The van der Waals surface area contributed by atoms with E-state index in [-0.39, 0.29) is 17.5 Å².